The highest BCUT2D eigenvalue weighted by molar-refractivity contribution is 6.31. The predicted molar refractivity (Wildman–Crippen MR) is 87.1 cm³/mol. The van der Waals surface area contributed by atoms with E-state index in [4.69, 9.17) is 11.6 Å². The van der Waals surface area contributed by atoms with E-state index in [0.717, 1.165) is 22.0 Å². The maximum atomic E-state index is 13.1. The van der Waals surface area contributed by atoms with Crippen molar-refractivity contribution in [2.75, 3.05) is 5.32 Å². The number of amides is 1. The van der Waals surface area contributed by atoms with Gasteiger partial charge in [0, 0.05) is 16.6 Å². The normalized spacial score (nSPS) is 10.9. The molecule has 0 aliphatic rings. The number of aryl methyl sites for hydroxylation is 2. The summed E-state index contributed by atoms with van der Waals surface area (Å²) >= 11 is 5.72. The lowest BCUT2D eigenvalue weighted by molar-refractivity contribution is 0.102. The number of anilines is 1. The standard InChI is InChI=1S/C17H14ClFN2O/c1-9-3-6-15-12(7-9)10(2)16(21-15)17(22)20-11-4-5-14(19)13(18)8-11/h3-8,21H,1-2H3,(H,20,22). The van der Waals surface area contributed by atoms with Crippen LogP contribution in [0.1, 0.15) is 21.6 Å². The minimum Gasteiger partial charge on any atom is -0.350 e. The van der Waals surface area contributed by atoms with Gasteiger partial charge < -0.3 is 10.3 Å². The molecule has 0 spiro atoms. The second-order valence-corrected chi connectivity index (χ2v) is 5.66. The third-order valence-electron chi connectivity index (χ3n) is 3.62. The third-order valence-corrected chi connectivity index (χ3v) is 3.91. The summed E-state index contributed by atoms with van der Waals surface area (Å²) in [7, 11) is 0. The van der Waals surface area contributed by atoms with Crippen LogP contribution in [0.2, 0.25) is 5.02 Å². The number of H-pyrrole nitrogens is 1. The van der Waals surface area contributed by atoms with Crippen LogP contribution in [-0.2, 0) is 0 Å². The van der Waals surface area contributed by atoms with Gasteiger partial charge in [0.2, 0.25) is 0 Å². The van der Waals surface area contributed by atoms with Crippen LogP contribution < -0.4 is 5.32 Å². The molecular weight excluding hydrogens is 303 g/mol. The molecule has 2 N–H and O–H groups in total. The van der Waals surface area contributed by atoms with Crippen molar-refractivity contribution in [3.05, 3.63) is 64.1 Å². The van der Waals surface area contributed by atoms with Gasteiger partial charge in [-0.15, -0.1) is 0 Å². The summed E-state index contributed by atoms with van der Waals surface area (Å²) in [6.07, 6.45) is 0. The quantitative estimate of drug-likeness (QED) is 0.699. The summed E-state index contributed by atoms with van der Waals surface area (Å²) in [6, 6.07) is 10.0. The maximum absolute atomic E-state index is 13.1. The Morgan fingerprint density at radius 2 is 1.95 bits per heavy atom. The number of benzene rings is 2. The summed E-state index contributed by atoms with van der Waals surface area (Å²) < 4.78 is 13.1. The van der Waals surface area contributed by atoms with Gasteiger partial charge >= 0.3 is 0 Å². The van der Waals surface area contributed by atoms with Gasteiger partial charge in [0.25, 0.3) is 5.91 Å². The Labute approximate surface area is 132 Å². The Morgan fingerprint density at radius 1 is 1.18 bits per heavy atom. The molecule has 0 radical (unpaired) electrons. The Morgan fingerprint density at radius 3 is 2.68 bits per heavy atom. The van der Waals surface area contributed by atoms with Crippen LogP contribution in [0.4, 0.5) is 10.1 Å². The van der Waals surface area contributed by atoms with E-state index in [1.54, 1.807) is 0 Å². The van der Waals surface area contributed by atoms with Crippen LogP contribution in [0.15, 0.2) is 36.4 Å². The van der Waals surface area contributed by atoms with Crippen molar-refractivity contribution in [2.45, 2.75) is 13.8 Å². The zero-order valence-electron chi connectivity index (χ0n) is 12.1. The lowest BCUT2D eigenvalue weighted by Gasteiger charge is -2.05. The molecule has 0 aliphatic carbocycles. The molecule has 0 unspecified atom stereocenters. The topological polar surface area (TPSA) is 44.9 Å². The second kappa shape index (κ2) is 5.46. The van der Waals surface area contributed by atoms with E-state index in [0.29, 0.717) is 11.4 Å². The molecule has 3 rings (SSSR count). The van der Waals surface area contributed by atoms with Gasteiger partial charge in [-0.05, 0) is 49.7 Å². The van der Waals surface area contributed by atoms with Crippen molar-refractivity contribution in [3.63, 3.8) is 0 Å². The monoisotopic (exact) mass is 316 g/mol. The van der Waals surface area contributed by atoms with Crippen LogP contribution in [0.3, 0.4) is 0 Å². The summed E-state index contributed by atoms with van der Waals surface area (Å²) in [4.78, 5) is 15.5. The first-order valence-corrected chi connectivity index (χ1v) is 7.19. The zero-order chi connectivity index (χ0) is 15.9. The van der Waals surface area contributed by atoms with Crippen LogP contribution >= 0.6 is 11.6 Å². The minimum atomic E-state index is -0.517. The summed E-state index contributed by atoms with van der Waals surface area (Å²) in [5.41, 5.74) is 3.85. The maximum Gasteiger partial charge on any atom is 0.272 e. The summed E-state index contributed by atoms with van der Waals surface area (Å²) in [6.45, 7) is 3.90. The fourth-order valence-corrected chi connectivity index (χ4v) is 2.62. The van der Waals surface area contributed by atoms with Gasteiger partial charge in [-0.3, -0.25) is 4.79 Å². The fraction of sp³-hybridized carbons (Fsp3) is 0.118. The van der Waals surface area contributed by atoms with Crippen LogP contribution in [0, 0.1) is 19.7 Å². The first-order valence-electron chi connectivity index (χ1n) is 6.81. The fourth-order valence-electron chi connectivity index (χ4n) is 2.43. The molecule has 0 saturated heterocycles. The van der Waals surface area contributed by atoms with Gasteiger partial charge in [-0.25, -0.2) is 4.39 Å². The van der Waals surface area contributed by atoms with Crippen LogP contribution in [-0.4, -0.2) is 10.9 Å². The van der Waals surface area contributed by atoms with Crippen LogP contribution in [0.5, 0.6) is 0 Å². The van der Waals surface area contributed by atoms with Crippen LogP contribution in [0.25, 0.3) is 10.9 Å². The molecule has 112 valence electrons. The largest absolute Gasteiger partial charge is 0.350 e. The second-order valence-electron chi connectivity index (χ2n) is 5.26. The van der Waals surface area contributed by atoms with Crippen molar-refractivity contribution in [1.29, 1.82) is 0 Å². The van der Waals surface area contributed by atoms with Gasteiger partial charge in [0.15, 0.2) is 0 Å². The van der Waals surface area contributed by atoms with Crippen molar-refractivity contribution in [1.82, 2.24) is 4.98 Å². The number of rotatable bonds is 2. The highest BCUT2D eigenvalue weighted by atomic mass is 35.5. The number of halogens is 2. The molecule has 2 aromatic carbocycles. The van der Waals surface area contributed by atoms with Crippen molar-refractivity contribution < 1.29 is 9.18 Å². The zero-order valence-corrected chi connectivity index (χ0v) is 12.9. The van der Waals surface area contributed by atoms with E-state index in [1.165, 1.54) is 18.2 Å². The molecule has 0 aliphatic heterocycles. The minimum absolute atomic E-state index is 0.0261. The van der Waals surface area contributed by atoms with E-state index in [-0.39, 0.29) is 10.9 Å². The number of fused-ring (bicyclic) bond motifs is 1. The van der Waals surface area contributed by atoms with Crippen molar-refractivity contribution in [3.8, 4) is 0 Å². The van der Waals surface area contributed by atoms with Gasteiger partial charge in [-0.1, -0.05) is 23.2 Å². The molecule has 0 fully saturated rings. The molecule has 3 aromatic rings. The average Bonchev–Trinajstić information content (AvgIpc) is 2.80. The van der Waals surface area contributed by atoms with E-state index in [1.807, 2.05) is 32.0 Å². The third kappa shape index (κ3) is 2.57. The molecular formula is C17H14ClFN2O. The van der Waals surface area contributed by atoms with E-state index >= 15 is 0 Å². The number of hydrogen-bond acceptors (Lipinski definition) is 1. The highest BCUT2D eigenvalue weighted by Crippen LogP contribution is 2.24. The number of hydrogen-bond donors (Lipinski definition) is 2. The molecule has 22 heavy (non-hydrogen) atoms. The number of aromatic amines is 1. The number of carbonyl (C=O) groups excluding carboxylic acids is 1. The van der Waals surface area contributed by atoms with E-state index in [2.05, 4.69) is 10.3 Å². The predicted octanol–water partition coefficient (Wildman–Crippen LogP) is 4.83. The molecule has 5 heteroatoms. The molecule has 0 bridgehead atoms. The average molecular weight is 317 g/mol. The van der Waals surface area contributed by atoms with Crippen molar-refractivity contribution >= 4 is 34.1 Å². The summed E-state index contributed by atoms with van der Waals surface area (Å²) in [5, 5.41) is 3.71. The van der Waals surface area contributed by atoms with Gasteiger partial charge in [0.1, 0.15) is 11.5 Å². The van der Waals surface area contributed by atoms with E-state index in [9.17, 15) is 9.18 Å². The molecule has 0 atom stereocenters. The Hall–Kier alpha value is -2.33. The molecule has 1 heterocycles. The Balaban J connectivity index is 1.95. The van der Waals surface area contributed by atoms with Gasteiger partial charge in [0.05, 0.1) is 5.02 Å². The van der Waals surface area contributed by atoms with E-state index < -0.39 is 5.82 Å². The SMILES string of the molecule is Cc1ccc2[nH]c(C(=O)Nc3ccc(F)c(Cl)c3)c(C)c2c1. The molecule has 3 nitrogen and oxygen atoms in total. The molecule has 1 aromatic heterocycles. The number of aromatic nitrogens is 1. The molecule has 0 saturated carbocycles. The van der Waals surface area contributed by atoms with Gasteiger partial charge in [-0.2, -0.15) is 0 Å². The first-order chi connectivity index (χ1) is 10.5. The van der Waals surface area contributed by atoms with Crippen molar-refractivity contribution in [2.24, 2.45) is 0 Å². The number of nitrogens with one attached hydrogen (secondary N) is 2. The highest BCUT2D eigenvalue weighted by Gasteiger charge is 2.15. The molecule has 1 amide bonds. The Kier molecular flexibility index (Phi) is 3.62. The lowest BCUT2D eigenvalue weighted by Crippen LogP contribution is -2.13. The first kappa shape index (κ1) is 14.6. The number of carbonyl (C=O) groups is 1. The Bertz CT molecular complexity index is 886. The lowest BCUT2D eigenvalue weighted by atomic mass is 10.1. The summed E-state index contributed by atoms with van der Waals surface area (Å²) in [5.74, 6) is -0.800. The smallest absolute Gasteiger partial charge is 0.272 e.